The summed E-state index contributed by atoms with van der Waals surface area (Å²) >= 11 is 0. The lowest BCUT2D eigenvalue weighted by atomic mass is 9.72. The molecule has 0 spiro atoms. The summed E-state index contributed by atoms with van der Waals surface area (Å²) in [5, 5.41) is 3.02. The number of amides is 2. The number of carbonyl (C=O) groups is 2. The predicted molar refractivity (Wildman–Crippen MR) is 129 cm³/mol. The Hall–Kier alpha value is -2.95. The number of piperidine rings is 1. The summed E-state index contributed by atoms with van der Waals surface area (Å²) in [6.07, 6.45) is 7.80. The van der Waals surface area contributed by atoms with Gasteiger partial charge in [0.1, 0.15) is 0 Å². The fourth-order valence-electron chi connectivity index (χ4n) is 4.37. The van der Waals surface area contributed by atoms with E-state index in [1.165, 1.54) is 0 Å². The minimum absolute atomic E-state index is 0.0420. The van der Waals surface area contributed by atoms with Crippen molar-refractivity contribution in [2.45, 2.75) is 46.5 Å². The SMILES string of the molecule is C=CCNC(=O)C1(Cc2cccc(-c3cccnc3)c2)CCN(C(=O)CC(C)(C)C)CC1. The van der Waals surface area contributed by atoms with Crippen LogP contribution in [0.5, 0.6) is 0 Å². The number of nitrogens with zero attached hydrogens (tertiary/aromatic N) is 2. The second-order valence-corrected chi connectivity index (χ2v) is 10.0. The van der Waals surface area contributed by atoms with Gasteiger partial charge < -0.3 is 10.2 Å². The molecule has 0 bridgehead atoms. The molecule has 1 aliphatic heterocycles. The number of hydrogen-bond acceptors (Lipinski definition) is 3. The lowest BCUT2D eigenvalue weighted by molar-refractivity contribution is -0.141. The highest BCUT2D eigenvalue weighted by Crippen LogP contribution is 2.37. The first-order valence-electron chi connectivity index (χ1n) is 11.4. The molecule has 0 aliphatic carbocycles. The van der Waals surface area contributed by atoms with Crippen molar-refractivity contribution in [1.29, 1.82) is 0 Å². The number of likely N-dealkylation sites (tertiary alicyclic amines) is 1. The first kappa shape index (κ1) is 23.7. The van der Waals surface area contributed by atoms with Gasteiger partial charge in [-0.2, -0.15) is 0 Å². The molecule has 2 amide bonds. The maximum Gasteiger partial charge on any atom is 0.226 e. The number of carbonyl (C=O) groups excluding carboxylic acids is 2. The Morgan fingerprint density at radius 2 is 1.88 bits per heavy atom. The summed E-state index contributed by atoms with van der Waals surface area (Å²) in [6, 6.07) is 12.3. The molecule has 3 rings (SSSR count). The zero-order chi connectivity index (χ0) is 23.2. The van der Waals surface area contributed by atoms with Crippen LogP contribution in [0.1, 0.15) is 45.6 Å². The molecule has 1 aliphatic rings. The van der Waals surface area contributed by atoms with E-state index in [1.54, 1.807) is 12.3 Å². The van der Waals surface area contributed by atoms with E-state index in [0.717, 1.165) is 16.7 Å². The molecule has 0 saturated carbocycles. The summed E-state index contributed by atoms with van der Waals surface area (Å²) in [6.45, 7) is 11.6. The predicted octanol–water partition coefficient (Wildman–Crippen LogP) is 4.64. The molecule has 32 heavy (non-hydrogen) atoms. The average Bonchev–Trinajstić information content (AvgIpc) is 2.77. The van der Waals surface area contributed by atoms with Gasteiger partial charge in [0.2, 0.25) is 11.8 Å². The molecular weight excluding hydrogens is 398 g/mol. The Morgan fingerprint density at radius 1 is 1.16 bits per heavy atom. The Bertz CT molecular complexity index is 939. The van der Waals surface area contributed by atoms with E-state index in [0.29, 0.717) is 45.3 Å². The number of benzene rings is 1. The van der Waals surface area contributed by atoms with Gasteiger partial charge in [0.05, 0.1) is 5.41 Å². The number of rotatable bonds is 7. The van der Waals surface area contributed by atoms with E-state index >= 15 is 0 Å². The highest BCUT2D eigenvalue weighted by atomic mass is 16.2. The van der Waals surface area contributed by atoms with Crippen LogP contribution in [-0.2, 0) is 16.0 Å². The molecule has 170 valence electrons. The van der Waals surface area contributed by atoms with Gasteiger partial charge in [-0.15, -0.1) is 6.58 Å². The molecule has 0 unspecified atom stereocenters. The topological polar surface area (TPSA) is 62.3 Å². The van der Waals surface area contributed by atoms with Crippen molar-refractivity contribution in [2.24, 2.45) is 10.8 Å². The van der Waals surface area contributed by atoms with Crippen LogP contribution in [0.2, 0.25) is 0 Å². The van der Waals surface area contributed by atoms with E-state index in [9.17, 15) is 9.59 Å². The number of nitrogens with one attached hydrogen (secondary N) is 1. The molecule has 5 heteroatoms. The van der Waals surface area contributed by atoms with Crippen molar-refractivity contribution < 1.29 is 9.59 Å². The van der Waals surface area contributed by atoms with Crippen LogP contribution < -0.4 is 5.32 Å². The fourth-order valence-corrected chi connectivity index (χ4v) is 4.37. The minimum atomic E-state index is -0.533. The smallest absolute Gasteiger partial charge is 0.226 e. The molecule has 0 radical (unpaired) electrons. The quantitative estimate of drug-likeness (QED) is 0.647. The third kappa shape index (κ3) is 6.06. The van der Waals surface area contributed by atoms with Gasteiger partial charge in [-0.25, -0.2) is 0 Å². The monoisotopic (exact) mass is 433 g/mol. The molecule has 0 atom stereocenters. The first-order chi connectivity index (χ1) is 15.2. The molecule has 2 aromatic rings. The third-order valence-electron chi connectivity index (χ3n) is 6.11. The normalized spacial score (nSPS) is 15.8. The summed E-state index contributed by atoms with van der Waals surface area (Å²) in [4.78, 5) is 32.2. The summed E-state index contributed by atoms with van der Waals surface area (Å²) in [5.74, 6) is 0.225. The van der Waals surface area contributed by atoms with Gasteiger partial charge in [-0.3, -0.25) is 14.6 Å². The number of hydrogen-bond donors (Lipinski definition) is 1. The Labute approximate surface area is 191 Å². The zero-order valence-electron chi connectivity index (χ0n) is 19.6. The molecule has 5 nitrogen and oxygen atoms in total. The van der Waals surface area contributed by atoms with E-state index in [-0.39, 0.29) is 17.2 Å². The van der Waals surface area contributed by atoms with E-state index in [4.69, 9.17) is 0 Å². The van der Waals surface area contributed by atoms with Crippen molar-refractivity contribution in [3.05, 3.63) is 67.0 Å². The summed E-state index contributed by atoms with van der Waals surface area (Å²) < 4.78 is 0. The minimum Gasteiger partial charge on any atom is -0.352 e. The molecule has 1 aromatic carbocycles. The second-order valence-electron chi connectivity index (χ2n) is 10.0. The van der Waals surface area contributed by atoms with E-state index in [2.05, 4.69) is 55.9 Å². The maximum absolute atomic E-state index is 13.3. The van der Waals surface area contributed by atoms with Gasteiger partial charge in [0.15, 0.2) is 0 Å². The summed E-state index contributed by atoms with van der Waals surface area (Å²) in [5.41, 5.74) is 2.70. The average molecular weight is 434 g/mol. The largest absolute Gasteiger partial charge is 0.352 e. The Morgan fingerprint density at radius 3 is 2.50 bits per heavy atom. The lowest BCUT2D eigenvalue weighted by Crippen LogP contribution is -2.51. The van der Waals surface area contributed by atoms with Crippen molar-refractivity contribution in [1.82, 2.24) is 15.2 Å². The van der Waals surface area contributed by atoms with Crippen LogP contribution in [0.3, 0.4) is 0 Å². The molecular formula is C27H35N3O2. The summed E-state index contributed by atoms with van der Waals surface area (Å²) in [7, 11) is 0. The van der Waals surface area contributed by atoms with Gasteiger partial charge in [0, 0.05) is 38.4 Å². The van der Waals surface area contributed by atoms with Crippen LogP contribution in [0.4, 0.5) is 0 Å². The molecule has 1 saturated heterocycles. The standard InChI is InChI=1S/C27H35N3O2/c1-5-13-29-25(32)27(11-15-30(16-12-27)24(31)19-26(2,3)4)18-21-8-6-9-22(17-21)23-10-7-14-28-20-23/h5-10,14,17,20H,1,11-13,15-16,18-19H2,2-4H3,(H,29,32). The van der Waals surface area contributed by atoms with Crippen molar-refractivity contribution in [3.8, 4) is 11.1 Å². The zero-order valence-corrected chi connectivity index (χ0v) is 19.6. The van der Waals surface area contributed by atoms with Gasteiger partial charge in [-0.05, 0) is 47.4 Å². The number of aromatic nitrogens is 1. The first-order valence-corrected chi connectivity index (χ1v) is 11.4. The Kier molecular flexibility index (Phi) is 7.49. The van der Waals surface area contributed by atoms with Crippen molar-refractivity contribution >= 4 is 11.8 Å². The van der Waals surface area contributed by atoms with Crippen molar-refractivity contribution in [3.63, 3.8) is 0 Å². The third-order valence-corrected chi connectivity index (χ3v) is 6.11. The van der Waals surface area contributed by atoms with Crippen LogP contribution in [-0.4, -0.2) is 41.3 Å². The van der Waals surface area contributed by atoms with Crippen LogP contribution in [0, 0.1) is 10.8 Å². The maximum atomic E-state index is 13.3. The van der Waals surface area contributed by atoms with E-state index < -0.39 is 5.41 Å². The van der Waals surface area contributed by atoms with Gasteiger partial charge in [-0.1, -0.05) is 57.2 Å². The highest BCUT2D eigenvalue weighted by molar-refractivity contribution is 5.84. The van der Waals surface area contributed by atoms with Gasteiger partial charge >= 0.3 is 0 Å². The van der Waals surface area contributed by atoms with Crippen LogP contribution in [0.25, 0.3) is 11.1 Å². The second kappa shape index (κ2) is 10.1. The molecule has 1 aromatic heterocycles. The fraction of sp³-hybridized carbons (Fsp3) is 0.444. The molecule has 2 heterocycles. The Balaban J connectivity index is 1.79. The lowest BCUT2D eigenvalue weighted by Gasteiger charge is -2.41. The van der Waals surface area contributed by atoms with Gasteiger partial charge in [0.25, 0.3) is 0 Å². The number of pyridine rings is 1. The van der Waals surface area contributed by atoms with Crippen LogP contribution >= 0.6 is 0 Å². The molecule has 1 N–H and O–H groups in total. The van der Waals surface area contributed by atoms with Crippen molar-refractivity contribution in [2.75, 3.05) is 19.6 Å². The van der Waals surface area contributed by atoms with E-state index in [1.807, 2.05) is 29.3 Å². The molecule has 1 fully saturated rings. The highest BCUT2D eigenvalue weighted by Gasteiger charge is 2.42. The van der Waals surface area contributed by atoms with Crippen LogP contribution in [0.15, 0.2) is 61.4 Å².